The van der Waals surface area contributed by atoms with Gasteiger partial charge >= 0.3 is 0 Å². The van der Waals surface area contributed by atoms with E-state index in [0.717, 1.165) is 10.8 Å². The first kappa shape index (κ1) is 19.5. The van der Waals surface area contributed by atoms with E-state index in [0.29, 0.717) is 27.9 Å². The van der Waals surface area contributed by atoms with Crippen molar-refractivity contribution in [2.75, 3.05) is 24.4 Å². The van der Waals surface area contributed by atoms with Crippen molar-refractivity contribution < 1.29 is 19.1 Å². The average molecular weight is 399 g/mol. The molecule has 0 aliphatic rings. The van der Waals surface area contributed by atoms with Crippen LogP contribution in [0.5, 0.6) is 11.5 Å². The van der Waals surface area contributed by atoms with Crippen LogP contribution in [0.4, 0.5) is 11.4 Å². The minimum absolute atomic E-state index is 0.195. The van der Waals surface area contributed by atoms with Gasteiger partial charge < -0.3 is 20.1 Å². The zero-order valence-corrected chi connectivity index (χ0v) is 16.2. The molecule has 0 atom stereocenters. The van der Waals surface area contributed by atoms with Gasteiger partial charge in [0.15, 0.2) is 6.61 Å². The number of carbonyl (C=O) groups is 2. The van der Waals surface area contributed by atoms with E-state index in [9.17, 15) is 9.59 Å². The van der Waals surface area contributed by atoms with Gasteiger partial charge in [-0.2, -0.15) is 0 Å². The van der Waals surface area contributed by atoms with Gasteiger partial charge in [-0.25, -0.2) is 0 Å². The molecule has 0 aliphatic heterocycles. The molecule has 3 aromatic carbocycles. The number of rotatable bonds is 6. The molecule has 0 saturated carbocycles. The van der Waals surface area contributed by atoms with Crippen molar-refractivity contribution in [3.63, 3.8) is 0 Å². The van der Waals surface area contributed by atoms with E-state index >= 15 is 0 Å². The molecule has 2 N–H and O–H groups in total. The summed E-state index contributed by atoms with van der Waals surface area (Å²) >= 11 is 6.20. The fourth-order valence-electron chi connectivity index (χ4n) is 2.78. The number of anilines is 2. The molecule has 0 spiro atoms. The predicted molar refractivity (Wildman–Crippen MR) is 110 cm³/mol. The quantitative estimate of drug-likeness (QED) is 0.642. The van der Waals surface area contributed by atoms with Crippen molar-refractivity contribution >= 4 is 45.6 Å². The number of carbonyl (C=O) groups excluding carboxylic acids is 2. The van der Waals surface area contributed by atoms with Crippen molar-refractivity contribution in [1.82, 2.24) is 0 Å². The Kier molecular flexibility index (Phi) is 6.01. The number of ether oxygens (including phenoxy) is 2. The summed E-state index contributed by atoms with van der Waals surface area (Å²) in [7, 11) is 1.50. The van der Waals surface area contributed by atoms with Gasteiger partial charge in [0.05, 0.1) is 12.8 Å². The zero-order valence-electron chi connectivity index (χ0n) is 15.4. The molecule has 0 fully saturated rings. The second kappa shape index (κ2) is 8.63. The lowest BCUT2D eigenvalue weighted by molar-refractivity contribution is -0.118. The summed E-state index contributed by atoms with van der Waals surface area (Å²) in [5.74, 6) is 0.464. The molecule has 3 aromatic rings. The van der Waals surface area contributed by atoms with Crippen LogP contribution in [0.2, 0.25) is 5.02 Å². The third-order valence-electron chi connectivity index (χ3n) is 3.98. The second-order valence-electron chi connectivity index (χ2n) is 6.02. The van der Waals surface area contributed by atoms with Crippen molar-refractivity contribution in [2.24, 2.45) is 0 Å². The van der Waals surface area contributed by atoms with Gasteiger partial charge in [0, 0.05) is 28.4 Å². The van der Waals surface area contributed by atoms with E-state index in [1.54, 1.807) is 30.3 Å². The third kappa shape index (κ3) is 4.53. The molecule has 7 heteroatoms. The van der Waals surface area contributed by atoms with Crippen LogP contribution in [-0.4, -0.2) is 25.5 Å². The van der Waals surface area contributed by atoms with E-state index in [4.69, 9.17) is 21.1 Å². The molecule has 3 rings (SSSR count). The summed E-state index contributed by atoms with van der Waals surface area (Å²) in [6, 6.07) is 16.0. The molecule has 0 heterocycles. The van der Waals surface area contributed by atoms with E-state index in [-0.39, 0.29) is 18.4 Å². The number of methoxy groups -OCH3 is 1. The Bertz CT molecular complexity index is 1040. The topological polar surface area (TPSA) is 76.7 Å². The number of amides is 2. The summed E-state index contributed by atoms with van der Waals surface area (Å²) < 4.78 is 11.0. The molecule has 6 nitrogen and oxygen atoms in total. The van der Waals surface area contributed by atoms with E-state index < -0.39 is 0 Å². The molecule has 0 aromatic heterocycles. The number of nitrogens with one attached hydrogen (secondary N) is 2. The van der Waals surface area contributed by atoms with E-state index in [1.165, 1.54) is 14.0 Å². The number of hydrogen-bond donors (Lipinski definition) is 2. The first-order valence-corrected chi connectivity index (χ1v) is 8.91. The van der Waals surface area contributed by atoms with Crippen LogP contribution in [-0.2, 0) is 9.59 Å². The molecule has 0 saturated heterocycles. The third-order valence-corrected chi connectivity index (χ3v) is 4.31. The summed E-state index contributed by atoms with van der Waals surface area (Å²) in [5, 5.41) is 7.70. The van der Waals surface area contributed by atoms with Gasteiger partial charge in [-0.15, -0.1) is 0 Å². The van der Waals surface area contributed by atoms with Gasteiger partial charge in [-0.05, 0) is 30.3 Å². The van der Waals surface area contributed by atoms with Gasteiger partial charge in [0.25, 0.3) is 5.91 Å². The molecular weight excluding hydrogens is 380 g/mol. The summed E-state index contributed by atoms with van der Waals surface area (Å²) in [4.78, 5) is 23.6. The van der Waals surface area contributed by atoms with Gasteiger partial charge in [0.2, 0.25) is 5.91 Å². The lowest BCUT2D eigenvalue weighted by Gasteiger charge is -2.13. The van der Waals surface area contributed by atoms with Crippen LogP contribution < -0.4 is 20.1 Å². The van der Waals surface area contributed by atoms with Crippen molar-refractivity contribution in [3.8, 4) is 11.5 Å². The van der Waals surface area contributed by atoms with Crippen LogP contribution in [0.1, 0.15) is 6.92 Å². The Hall–Kier alpha value is -3.25. The monoisotopic (exact) mass is 398 g/mol. The molecule has 144 valence electrons. The standard InChI is InChI=1S/C21H19ClN2O4/c1-13(25)23-14-7-9-20(27-2)18(11-14)24-21(26)12-28-19-10-8-17(22)15-5-3-4-6-16(15)19/h3-11H,12H2,1-2H3,(H,23,25)(H,24,26). The average Bonchev–Trinajstić information content (AvgIpc) is 2.67. The Labute approximate surface area is 167 Å². The molecule has 0 radical (unpaired) electrons. The highest BCUT2D eigenvalue weighted by Gasteiger charge is 2.12. The number of benzene rings is 3. The maximum Gasteiger partial charge on any atom is 0.262 e. The first-order chi connectivity index (χ1) is 13.5. The number of hydrogen-bond acceptors (Lipinski definition) is 4. The highest BCUT2D eigenvalue weighted by molar-refractivity contribution is 6.35. The second-order valence-corrected chi connectivity index (χ2v) is 6.43. The maximum absolute atomic E-state index is 12.4. The lowest BCUT2D eigenvalue weighted by Crippen LogP contribution is -2.20. The zero-order chi connectivity index (χ0) is 20.1. The summed E-state index contributed by atoms with van der Waals surface area (Å²) in [5.41, 5.74) is 0.983. The molecule has 28 heavy (non-hydrogen) atoms. The highest BCUT2D eigenvalue weighted by atomic mass is 35.5. The molecule has 0 bridgehead atoms. The molecule has 0 aliphatic carbocycles. The van der Waals surface area contributed by atoms with Crippen molar-refractivity contribution in [3.05, 3.63) is 59.6 Å². The van der Waals surface area contributed by atoms with Crippen LogP contribution in [0, 0.1) is 0 Å². The van der Waals surface area contributed by atoms with Gasteiger partial charge in [-0.3, -0.25) is 9.59 Å². The number of halogens is 1. The number of fused-ring (bicyclic) bond motifs is 1. The van der Waals surface area contributed by atoms with Crippen LogP contribution in [0.3, 0.4) is 0 Å². The fraction of sp³-hybridized carbons (Fsp3) is 0.143. The molecule has 0 unspecified atom stereocenters. The smallest absolute Gasteiger partial charge is 0.262 e. The maximum atomic E-state index is 12.4. The molecule has 2 amide bonds. The van der Waals surface area contributed by atoms with Crippen molar-refractivity contribution in [1.29, 1.82) is 0 Å². The van der Waals surface area contributed by atoms with Crippen LogP contribution >= 0.6 is 11.6 Å². The van der Waals surface area contributed by atoms with Gasteiger partial charge in [0.1, 0.15) is 11.5 Å². The highest BCUT2D eigenvalue weighted by Crippen LogP contribution is 2.31. The SMILES string of the molecule is COc1ccc(NC(C)=O)cc1NC(=O)COc1ccc(Cl)c2ccccc12. The van der Waals surface area contributed by atoms with E-state index in [1.807, 2.05) is 24.3 Å². The van der Waals surface area contributed by atoms with Gasteiger partial charge in [-0.1, -0.05) is 35.9 Å². The fourth-order valence-corrected chi connectivity index (χ4v) is 3.00. The Morgan fingerprint density at radius 3 is 2.39 bits per heavy atom. The van der Waals surface area contributed by atoms with E-state index in [2.05, 4.69) is 10.6 Å². The predicted octanol–water partition coefficient (Wildman–Crippen LogP) is 4.48. The first-order valence-electron chi connectivity index (χ1n) is 8.53. The Morgan fingerprint density at radius 2 is 1.68 bits per heavy atom. The summed E-state index contributed by atoms with van der Waals surface area (Å²) in [6.45, 7) is 1.21. The summed E-state index contributed by atoms with van der Waals surface area (Å²) in [6.07, 6.45) is 0. The lowest BCUT2D eigenvalue weighted by atomic mass is 10.1. The molecular formula is C21H19ClN2O4. The van der Waals surface area contributed by atoms with Crippen molar-refractivity contribution in [2.45, 2.75) is 6.92 Å². The van der Waals surface area contributed by atoms with Crippen LogP contribution in [0.15, 0.2) is 54.6 Å². The Balaban J connectivity index is 1.73. The van der Waals surface area contributed by atoms with Crippen LogP contribution in [0.25, 0.3) is 10.8 Å². The largest absolute Gasteiger partial charge is 0.495 e. The minimum Gasteiger partial charge on any atom is -0.495 e. The minimum atomic E-state index is -0.364. The normalized spacial score (nSPS) is 10.4. The Morgan fingerprint density at radius 1 is 0.964 bits per heavy atom.